The monoisotopic (exact) mass is 264 g/mol. The summed E-state index contributed by atoms with van der Waals surface area (Å²) in [6.07, 6.45) is 1.42. The van der Waals surface area contributed by atoms with Gasteiger partial charge in [-0.3, -0.25) is 4.68 Å². The number of carboxylic acid groups (broad SMARTS) is 1. The molecule has 0 saturated heterocycles. The highest BCUT2D eigenvalue weighted by Crippen LogP contribution is 2.18. The van der Waals surface area contributed by atoms with Gasteiger partial charge in [0.25, 0.3) is 0 Å². The molecule has 1 heterocycles. The van der Waals surface area contributed by atoms with Crippen molar-refractivity contribution in [2.45, 2.75) is 20.1 Å². The van der Waals surface area contributed by atoms with Crippen LogP contribution in [0, 0.1) is 5.82 Å². The van der Waals surface area contributed by atoms with Crippen LogP contribution in [0.15, 0.2) is 30.5 Å². The van der Waals surface area contributed by atoms with Gasteiger partial charge in [0, 0.05) is 12.1 Å². The maximum Gasteiger partial charge on any atom is 0.354 e. The molecule has 0 fully saturated rings. The third-order valence-corrected chi connectivity index (χ3v) is 2.64. The Morgan fingerprint density at radius 1 is 1.47 bits per heavy atom. The number of aromatic nitrogens is 2. The molecule has 0 aliphatic carbocycles. The molecule has 0 bridgehead atoms. The molecular weight excluding hydrogens is 251 g/mol. The predicted molar refractivity (Wildman–Crippen MR) is 65.6 cm³/mol. The number of aryl methyl sites for hydroxylation is 1. The molecule has 6 heteroatoms. The van der Waals surface area contributed by atoms with Crippen molar-refractivity contribution in [2.24, 2.45) is 0 Å². The molecule has 5 nitrogen and oxygen atoms in total. The van der Waals surface area contributed by atoms with E-state index < -0.39 is 11.8 Å². The van der Waals surface area contributed by atoms with Crippen LogP contribution in [0.3, 0.4) is 0 Å². The molecular formula is C13H13FN2O3. The van der Waals surface area contributed by atoms with Gasteiger partial charge in [0.15, 0.2) is 17.3 Å². The average molecular weight is 264 g/mol. The molecule has 1 aromatic carbocycles. The number of hydrogen-bond acceptors (Lipinski definition) is 3. The largest absolute Gasteiger partial charge is 0.486 e. The lowest BCUT2D eigenvalue weighted by Gasteiger charge is -2.07. The number of ether oxygens (including phenoxy) is 1. The highest BCUT2D eigenvalue weighted by atomic mass is 19.1. The number of benzene rings is 1. The van der Waals surface area contributed by atoms with Crippen molar-refractivity contribution in [1.29, 1.82) is 0 Å². The Bertz CT molecular complexity index is 595. The fourth-order valence-electron chi connectivity index (χ4n) is 1.73. The van der Waals surface area contributed by atoms with E-state index in [0.717, 1.165) is 0 Å². The Morgan fingerprint density at radius 3 is 2.84 bits per heavy atom. The molecule has 2 aromatic rings. The fourth-order valence-corrected chi connectivity index (χ4v) is 1.73. The molecule has 0 saturated carbocycles. The van der Waals surface area contributed by atoms with Gasteiger partial charge < -0.3 is 9.84 Å². The SMILES string of the molecule is CCn1ncc(COc2ccccc2F)c1C(=O)O. The topological polar surface area (TPSA) is 64.4 Å². The highest BCUT2D eigenvalue weighted by Gasteiger charge is 2.17. The van der Waals surface area contributed by atoms with E-state index in [1.807, 2.05) is 0 Å². The van der Waals surface area contributed by atoms with Crippen molar-refractivity contribution >= 4 is 5.97 Å². The van der Waals surface area contributed by atoms with Gasteiger partial charge in [0.1, 0.15) is 6.61 Å². The van der Waals surface area contributed by atoms with Gasteiger partial charge in [-0.2, -0.15) is 5.10 Å². The molecule has 0 amide bonds. The number of rotatable bonds is 5. The molecule has 1 aromatic heterocycles. The summed E-state index contributed by atoms with van der Waals surface area (Å²) in [5, 5.41) is 13.1. The lowest BCUT2D eigenvalue weighted by Crippen LogP contribution is -2.11. The number of nitrogens with zero attached hydrogens (tertiary/aromatic N) is 2. The van der Waals surface area contributed by atoms with Gasteiger partial charge in [-0.05, 0) is 19.1 Å². The number of carboxylic acids is 1. The third-order valence-electron chi connectivity index (χ3n) is 2.64. The van der Waals surface area contributed by atoms with Crippen molar-refractivity contribution in [3.05, 3.63) is 47.5 Å². The van der Waals surface area contributed by atoms with E-state index in [1.54, 1.807) is 19.1 Å². The molecule has 1 N–H and O–H groups in total. The first-order valence-electron chi connectivity index (χ1n) is 5.78. The maximum absolute atomic E-state index is 13.4. The summed E-state index contributed by atoms with van der Waals surface area (Å²) < 4.78 is 20.0. The summed E-state index contributed by atoms with van der Waals surface area (Å²) in [7, 11) is 0. The molecule has 0 atom stereocenters. The zero-order valence-corrected chi connectivity index (χ0v) is 10.3. The van der Waals surface area contributed by atoms with E-state index in [-0.39, 0.29) is 18.1 Å². The molecule has 0 radical (unpaired) electrons. The maximum atomic E-state index is 13.4. The van der Waals surface area contributed by atoms with Gasteiger partial charge in [-0.1, -0.05) is 12.1 Å². The van der Waals surface area contributed by atoms with E-state index in [1.165, 1.54) is 23.0 Å². The number of para-hydroxylation sites is 1. The van der Waals surface area contributed by atoms with Gasteiger partial charge in [0.2, 0.25) is 0 Å². The average Bonchev–Trinajstić information content (AvgIpc) is 2.81. The first kappa shape index (κ1) is 13.1. The molecule has 0 aliphatic heterocycles. The number of hydrogen-bond donors (Lipinski definition) is 1. The molecule has 100 valence electrons. The Hall–Kier alpha value is -2.37. The molecule has 0 spiro atoms. The zero-order chi connectivity index (χ0) is 13.8. The quantitative estimate of drug-likeness (QED) is 0.900. The van der Waals surface area contributed by atoms with Crippen LogP contribution in [0.4, 0.5) is 4.39 Å². The third kappa shape index (κ3) is 2.73. The van der Waals surface area contributed by atoms with Crippen molar-refractivity contribution in [2.75, 3.05) is 0 Å². The number of halogens is 1. The van der Waals surface area contributed by atoms with Crippen LogP contribution in [-0.4, -0.2) is 20.9 Å². The van der Waals surface area contributed by atoms with Gasteiger partial charge in [-0.15, -0.1) is 0 Å². The van der Waals surface area contributed by atoms with Crippen LogP contribution >= 0.6 is 0 Å². The van der Waals surface area contributed by atoms with Crippen LogP contribution in [0.1, 0.15) is 23.0 Å². The minimum absolute atomic E-state index is 0.0391. The summed E-state index contributed by atoms with van der Waals surface area (Å²) >= 11 is 0. The minimum atomic E-state index is -1.08. The predicted octanol–water partition coefficient (Wildman–Crippen LogP) is 2.32. The number of aromatic carboxylic acids is 1. The highest BCUT2D eigenvalue weighted by molar-refractivity contribution is 5.87. The van der Waals surface area contributed by atoms with E-state index in [4.69, 9.17) is 9.84 Å². The van der Waals surface area contributed by atoms with E-state index >= 15 is 0 Å². The molecule has 0 aliphatic rings. The number of carbonyl (C=O) groups is 1. The summed E-state index contributed by atoms with van der Waals surface area (Å²) in [6.45, 7) is 2.20. The van der Waals surface area contributed by atoms with Crippen LogP contribution in [-0.2, 0) is 13.2 Å². The van der Waals surface area contributed by atoms with E-state index in [2.05, 4.69) is 5.10 Å². The minimum Gasteiger partial charge on any atom is -0.486 e. The summed E-state index contributed by atoms with van der Waals surface area (Å²) in [5.41, 5.74) is 0.483. The molecule has 2 rings (SSSR count). The van der Waals surface area contributed by atoms with Crippen molar-refractivity contribution in [3.63, 3.8) is 0 Å². The van der Waals surface area contributed by atoms with Crippen LogP contribution in [0.2, 0.25) is 0 Å². The van der Waals surface area contributed by atoms with Crippen LogP contribution in [0.25, 0.3) is 0 Å². The second-order valence-corrected chi connectivity index (χ2v) is 3.86. The van der Waals surface area contributed by atoms with Gasteiger partial charge in [0.05, 0.1) is 6.20 Å². The second-order valence-electron chi connectivity index (χ2n) is 3.86. The normalized spacial score (nSPS) is 10.4. The summed E-state index contributed by atoms with van der Waals surface area (Å²) in [4.78, 5) is 11.2. The Balaban J connectivity index is 2.18. The Labute approximate surface area is 109 Å². The van der Waals surface area contributed by atoms with Crippen molar-refractivity contribution in [3.8, 4) is 5.75 Å². The second kappa shape index (κ2) is 5.51. The van der Waals surface area contributed by atoms with Crippen molar-refractivity contribution in [1.82, 2.24) is 9.78 Å². The molecule has 0 unspecified atom stereocenters. The van der Waals surface area contributed by atoms with E-state index in [9.17, 15) is 9.18 Å². The first-order chi connectivity index (χ1) is 9.13. The van der Waals surface area contributed by atoms with E-state index in [0.29, 0.717) is 12.1 Å². The summed E-state index contributed by atoms with van der Waals surface area (Å²) in [5.74, 6) is -1.48. The first-order valence-corrected chi connectivity index (χ1v) is 5.78. The Morgan fingerprint density at radius 2 is 2.21 bits per heavy atom. The smallest absolute Gasteiger partial charge is 0.354 e. The zero-order valence-electron chi connectivity index (χ0n) is 10.3. The Kier molecular flexibility index (Phi) is 3.79. The van der Waals surface area contributed by atoms with Gasteiger partial charge >= 0.3 is 5.97 Å². The van der Waals surface area contributed by atoms with Crippen LogP contribution < -0.4 is 4.74 Å². The van der Waals surface area contributed by atoms with Crippen molar-refractivity contribution < 1.29 is 19.0 Å². The lowest BCUT2D eigenvalue weighted by atomic mass is 10.2. The molecule has 19 heavy (non-hydrogen) atoms. The standard InChI is InChI=1S/C13H13FN2O3/c1-2-16-12(13(17)18)9(7-15-16)8-19-11-6-4-3-5-10(11)14/h3-7H,2,8H2,1H3,(H,17,18). The van der Waals surface area contributed by atoms with Crippen LogP contribution in [0.5, 0.6) is 5.75 Å². The summed E-state index contributed by atoms with van der Waals surface area (Å²) in [6, 6.07) is 5.97. The van der Waals surface area contributed by atoms with Gasteiger partial charge in [-0.25, -0.2) is 9.18 Å². The fraction of sp³-hybridized carbons (Fsp3) is 0.231. The lowest BCUT2D eigenvalue weighted by molar-refractivity contribution is 0.0680.